The Kier molecular flexibility index (Phi) is 4.27. The Hall–Kier alpha value is -1.04. The Morgan fingerprint density at radius 1 is 1.39 bits per heavy atom. The number of hydrogen-bond acceptors (Lipinski definition) is 2. The van der Waals surface area contributed by atoms with Crippen molar-refractivity contribution in [2.75, 3.05) is 6.54 Å². The van der Waals surface area contributed by atoms with Crippen LogP contribution < -0.4 is 5.32 Å². The van der Waals surface area contributed by atoms with E-state index in [0.717, 1.165) is 31.7 Å². The van der Waals surface area contributed by atoms with Crippen LogP contribution in [0.4, 0.5) is 0 Å². The fourth-order valence-electron chi connectivity index (χ4n) is 3.52. The molecule has 2 rings (SSSR count). The number of carbonyl (C=O) groups is 1. The zero-order valence-corrected chi connectivity index (χ0v) is 11.4. The maximum atomic E-state index is 12.0. The molecule has 3 nitrogen and oxygen atoms in total. The first kappa shape index (κ1) is 13.4. The number of nitriles is 1. The van der Waals surface area contributed by atoms with Crippen LogP contribution in [0.15, 0.2) is 0 Å². The van der Waals surface area contributed by atoms with Crippen LogP contribution in [0.2, 0.25) is 0 Å². The van der Waals surface area contributed by atoms with E-state index < -0.39 is 5.41 Å². The molecule has 0 bridgehead atoms. The van der Waals surface area contributed by atoms with Gasteiger partial charge in [0.15, 0.2) is 0 Å². The van der Waals surface area contributed by atoms with Gasteiger partial charge in [0, 0.05) is 6.54 Å². The molecule has 0 atom stereocenters. The van der Waals surface area contributed by atoms with Gasteiger partial charge in [0.1, 0.15) is 5.41 Å². The molecule has 1 amide bonds. The Bertz CT molecular complexity index is 333. The predicted molar refractivity (Wildman–Crippen MR) is 70.6 cm³/mol. The van der Waals surface area contributed by atoms with Crippen LogP contribution in [0.1, 0.15) is 58.3 Å². The average Bonchev–Trinajstić information content (AvgIpc) is 2.83. The van der Waals surface area contributed by atoms with Crippen LogP contribution in [-0.2, 0) is 4.79 Å². The van der Waals surface area contributed by atoms with Crippen molar-refractivity contribution in [2.24, 2.45) is 17.3 Å². The molecule has 0 saturated heterocycles. The number of hydrogen-bond donors (Lipinski definition) is 1. The third-order valence-corrected chi connectivity index (χ3v) is 4.59. The highest BCUT2D eigenvalue weighted by Gasteiger charge is 2.48. The van der Waals surface area contributed by atoms with E-state index in [2.05, 4.69) is 18.3 Å². The summed E-state index contributed by atoms with van der Waals surface area (Å²) in [7, 11) is 0. The van der Waals surface area contributed by atoms with Gasteiger partial charge in [-0.1, -0.05) is 32.6 Å². The number of nitrogens with zero attached hydrogens (tertiary/aromatic N) is 1. The lowest BCUT2D eigenvalue weighted by atomic mass is 9.63. The smallest absolute Gasteiger partial charge is 0.240 e. The number of rotatable bonds is 5. The van der Waals surface area contributed by atoms with Gasteiger partial charge in [-0.15, -0.1) is 0 Å². The van der Waals surface area contributed by atoms with Gasteiger partial charge in [0.25, 0.3) is 0 Å². The van der Waals surface area contributed by atoms with Gasteiger partial charge in [-0.05, 0) is 37.5 Å². The lowest BCUT2D eigenvalue weighted by Crippen LogP contribution is -2.48. The fourth-order valence-corrected chi connectivity index (χ4v) is 3.52. The van der Waals surface area contributed by atoms with Crippen molar-refractivity contribution in [3.63, 3.8) is 0 Å². The van der Waals surface area contributed by atoms with Crippen molar-refractivity contribution < 1.29 is 4.79 Å². The lowest BCUT2D eigenvalue weighted by molar-refractivity contribution is -0.133. The van der Waals surface area contributed by atoms with Crippen molar-refractivity contribution in [2.45, 2.75) is 58.3 Å². The Morgan fingerprint density at radius 2 is 2.06 bits per heavy atom. The molecular weight excluding hydrogens is 224 g/mol. The second-order valence-corrected chi connectivity index (χ2v) is 6.26. The molecule has 1 N–H and O–H groups in total. The van der Waals surface area contributed by atoms with Gasteiger partial charge in [0.2, 0.25) is 5.91 Å². The number of amides is 1. The van der Waals surface area contributed by atoms with E-state index in [-0.39, 0.29) is 5.91 Å². The third-order valence-electron chi connectivity index (χ3n) is 4.59. The maximum absolute atomic E-state index is 12.0. The molecule has 2 aliphatic rings. The zero-order chi connectivity index (χ0) is 13.0. The van der Waals surface area contributed by atoms with Crippen LogP contribution in [0.25, 0.3) is 0 Å². The van der Waals surface area contributed by atoms with E-state index in [1.54, 1.807) is 0 Å². The van der Waals surface area contributed by atoms with Crippen molar-refractivity contribution >= 4 is 5.91 Å². The molecule has 2 aliphatic carbocycles. The molecule has 0 aromatic carbocycles. The minimum atomic E-state index is -0.702. The van der Waals surface area contributed by atoms with Gasteiger partial charge in [-0.2, -0.15) is 5.26 Å². The molecule has 3 heteroatoms. The Labute approximate surface area is 110 Å². The van der Waals surface area contributed by atoms with E-state index in [1.165, 1.54) is 32.1 Å². The second kappa shape index (κ2) is 5.73. The topological polar surface area (TPSA) is 52.9 Å². The molecule has 0 unspecified atom stereocenters. The normalized spacial score (nSPS) is 31.7. The summed E-state index contributed by atoms with van der Waals surface area (Å²) in [6.07, 6.45) is 9.26. The standard InChI is InChI=1S/C15H24N2O/c1-12-9-15(10-12,11-16)14(18)17-8-4-7-13-5-2-3-6-13/h12-13H,2-10H2,1H3,(H,17,18). The summed E-state index contributed by atoms with van der Waals surface area (Å²) in [6.45, 7) is 2.84. The molecule has 0 heterocycles. The lowest BCUT2D eigenvalue weighted by Gasteiger charge is -2.39. The van der Waals surface area contributed by atoms with Crippen LogP contribution in [0.5, 0.6) is 0 Å². The molecule has 18 heavy (non-hydrogen) atoms. The van der Waals surface area contributed by atoms with Gasteiger partial charge in [0.05, 0.1) is 6.07 Å². The highest BCUT2D eigenvalue weighted by molar-refractivity contribution is 5.86. The van der Waals surface area contributed by atoms with Crippen molar-refractivity contribution in [1.82, 2.24) is 5.32 Å². The zero-order valence-electron chi connectivity index (χ0n) is 11.4. The molecule has 0 aromatic heterocycles. The van der Waals surface area contributed by atoms with Crippen LogP contribution in [0.3, 0.4) is 0 Å². The molecule has 2 fully saturated rings. The first-order chi connectivity index (χ1) is 8.66. The van der Waals surface area contributed by atoms with Crippen molar-refractivity contribution in [3.8, 4) is 6.07 Å². The summed E-state index contributed by atoms with van der Waals surface area (Å²) >= 11 is 0. The Balaban J connectivity index is 1.64. The maximum Gasteiger partial charge on any atom is 0.240 e. The highest BCUT2D eigenvalue weighted by atomic mass is 16.2. The summed E-state index contributed by atoms with van der Waals surface area (Å²) in [6, 6.07) is 2.22. The van der Waals surface area contributed by atoms with E-state index in [1.807, 2.05) is 0 Å². The third kappa shape index (κ3) is 2.85. The molecule has 100 valence electrons. The van der Waals surface area contributed by atoms with E-state index in [0.29, 0.717) is 5.92 Å². The fraction of sp³-hybridized carbons (Fsp3) is 0.867. The summed E-state index contributed by atoms with van der Waals surface area (Å²) in [5.41, 5.74) is -0.702. The summed E-state index contributed by atoms with van der Waals surface area (Å²) < 4.78 is 0. The molecular formula is C15H24N2O. The van der Waals surface area contributed by atoms with E-state index >= 15 is 0 Å². The first-order valence-corrected chi connectivity index (χ1v) is 7.36. The van der Waals surface area contributed by atoms with Crippen molar-refractivity contribution in [1.29, 1.82) is 5.26 Å². The van der Waals surface area contributed by atoms with E-state index in [9.17, 15) is 4.79 Å². The predicted octanol–water partition coefficient (Wildman–Crippen LogP) is 3.01. The first-order valence-electron chi connectivity index (χ1n) is 7.36. The monoisotopic (exact) mass is 248 g/mol. The molecule has 0 spiro atoms. The molecule has 0 aromatic rings. The molecule has 0 radical (unpaired) electrons. The Morgan fingerprint density at radius 3 is 2.61 bits per heavy atom. The summed E-state index contributed by atoms with van der Waals surface area (Å²) in [5.74, 6) is 1.37. The van der Waals surface area contributed by atoms with Crippen LogP contribution in [0, 0.1) is 28.6 Å². The summed E-state index contributed by atoms with van der Waals surface area (Å²) in [4.78, 5) is 12.0. The second-order valence-electron chi connectivity index (χ2n) is 6.26. The largest absolute Gasteiger partial charge is 0.355 e. The van der Waals surface area contributed by atoms with Gasteiger partial charge >= 0.3 is 0 Å². The quantitative estimate of drug-likeness (QED) is 0.760. The average molecular weight is 248 g/mol. The minimum absolute atomic E-state index is 0.0329. The van der Waals surface area contributed by atoms with Gasteiger partial charge in [-0.25, -0.2) is 0 Å². The van der Waals surface area contributed by atoms with Gasteiger partial charge < -0.3 is 5.32 Å². The number of carbonyl (C=O) groups excluding carboxylic acids is 1. The van der Waals surface area contributed by atoms with Crippen LogP contribution >= 0.6 is 0 Å². The van der Waals surface area contributed by atoms with Crippen molar-refractivity contribution in [3.05, 3.63) is 0 Å². The number of nitrogens with one attached hydrogen (secondary N) is 1. The minimum Gasteiger partial charge on any atom is -0.355 e. The SMILES string of the molecule is CC1CC(C#N)(C(=O)NCCCC2CCCC2)C1. The molecule has 2 saturated carbocycles. The van der Waals surface area contributed by atoms with E-state index in [4.69, 9.17) is 5.26 Å². The molecule has 0 aliphatic heterocycles. The van der Waals surface area contributed by atoms with Gasteiger partial charge in [-0.3, -0.25) is 4.79 Å². The summed E-state index contributed by atoms with van der Waals surface area (Å²) in [5, 5.41) is 12.1. The highest BCUT2D eigenvalue weighted by Crippen LogP contribution is 2.45. The van der Waals surface area contributed by atoms with Crippen LogP contribution in [-0.4, -0.2) is 12.5 Å².